The molecule has 9 heteroatoms. The van der Waals surface area contributed by atoms with Gasteiger partial charge in [-0.3, -0.25) is 14.5 Å². The van der Waals surface area contributed by atoms with E-state index in [4.69, 9.17) is 16.3 Å². The lowest BCUT2D eigenvalue weighted by atomic mass is 10.2. The second-order valence-electron chi connectivity index (χ2n) is 7.88. The van der Waals surface area contributed by atoms with Crippen molar-refractivity contribution in [3.8, 4) is 5.88 Å². The highest BCUT2D eigenvalue weighted by atomic mass is 35.5. The van der Waals surface area contributed by atoms with Crippen molar-refractivity contribution in [1.29, 1.82) is 0 Å². The maximum absolute atomic E-state index is 12.7. The molecule has 0 spiro atoms. The van der Waals surface area contributed by atoms with Gasteiger partial charge in [-0.15, -0.1) is 5.10 Å². The highest BCUT2D eigenvalue weighted by Crippen LogP contribution is 2.46. The molecule has 0 aliphatic heterocycles. The molecule has 8 nitrogen and oxygen atoms in total. The molecule has 0 amide bonds. The van der Waals surface area contributed by atoms with Crippen LogP contribution in [0.25, 0.3) is 0 Å². The van der Waals surface area contributed by atoms with Gasteiger partial charge in [-0.05, 0) is 31.9 Å². The van der Waals surface area contributed by atoms with Crippen LogP contribution in [0.3, 0.4) is 0 Å². The standard InChI is InChI=1S/C21H25ClN6O2/c1-12-6-7-16(23-10-12)15-8-14(15)11-30-18-9-17(21(29)28(5)25-18)26(3)20-19(22)13(2)24-27(20)4/h6-7,9-10,14-15H,8,11H2,1-5H3/t14-,15+/m1/s1. The summed E-state index contributed by atoms with van der Waals surface area (Å²) in [6.45, 7) is 4.39. The molecule has 0 aromatic carbocycles. The number of hydrogen-bond donors (Lipinski definition) is 0. The lowest BCUT2D eigenvalue weighted by Gasteiger charge is -2.20. The zero-order valence-electron chi connectivity index (χ0n) is 17.8. The molecule has 3 aromatic heterocycles. The Bertz CT molecular complexity index is 1140. The van der Waals surface area contributed by atoms with Crippen molar-refractivity contribution in [1.82, 2.24) is 24.5 Å². The Kier molecular flexibility index (Phi) is 5.27. The van der Waals surface area contributed by atoms with Crippen molar-refractivity contribution in [2.24, 2.45) is 20.0 Å². The van der Waals surface area contributed by atoms with Gasteiger partial charge in [0, 0.05) is 50.9 Å². The molecule has 0 bridgehead atoms. The molecule has 0 saturated heterocycles. The van der Waals surface area contributed by atoms with E-state index in [1.807, 2.05) is 20.0 Å². The fourth-order valence-corrected chi connectivity index (χ4v) is 3.95. The third kappa shape index (κ3) is 3.79. The maximum atomic E-state index is 12.7. The molecule has 0 N–H and O–H groups in total. The van der Waals surface area contributed by atoms with Crippen molar-refractivity contribution in [3.05, 3.63) is 56.7 Å². The van der Waals surface area contributed by atoms with Gasteiger partial charge in [0.15, 0.2) is 0 Å². The molecule has 0 radical (unpaired) electrons. The van der Waals surface area contributed by atoms with Gasteiger partial charge < -0.3 is 9.64 Å². The van der Waals surface area contributed by atoms with Crippen molar-refractivity contribution >= 4 is 23.1 Å². The van der Waals surface area contributed by atoms with E-state index in [1.54, 1.807) is 36.8 Å². The first-order valence-electron chi connectivity index (χ1n) is 9.82. The van der Waals surface area contributed by atoms with Crippen LogP contribution in [0.5, 0.6) is 5.88 Å². The van der Waals surface area contributed by atoms with Gasteiger partial charge in [0.05, 0.1) is 12.3 Å². The number of nitrogens with zero attached hydrogens (tertiary/aromatic N) is 6. The normalized spacial score (nSPS) is 17.8. The van der Waals surface area contributed by atoms with E-state index in [-0.39, 0.29) is 5.56 Å². The van der Waals surface area contributed by atoms with Crippen LogP contribution in [-0.2, 0) is 14.1 Å². The Morgan fingerprint density at radius 3 is 2.63 bits per heavy atom. The van der Waals surface area contributed by atoms with Gasteiger partial charge in [-0.1, -0.05) is 17.7 Å². The summed E-state index contributed by atoms with van der Waals surface area (Å²) in [6.07, 6.45) is 2.94. The average molecular weight is 429 g/mol. The minimum atomic E-state index is -0.243. The van der Waals surface area contributed by atoms with E-state index in [1.165, 1.54) is 4.68 Å². The Hall–Kier alpha value is -2.87. The Morgan fingerprint density at radius 2 is 2.00 bits per heavy atom. The fourth-order valence-electron chi connectivity index (χ4n) is 3.66. The van der Waals surface area contributed by atoms with Gasteiger partial charge in [0.25, 0.3) is 5.56 Å². The lowest BCUT2D eigenvalue weighted by Crippen LogP contribution is -2.28. The fraction of sp³-hybridized carbons (Fsp3) is 0.429. The van der Waals surface area contributed by atoms with Crippen molar-refractivity contribution in [2.45, 2.75) is 26.2 Å². The molecule has 3 heterocycles. The highest BCUT2D eigenvalue weighted by molar-refractivity contribution is 6.33. The summed E-state index contributed by atoms with van der Waals surface area (Å²) in [4.78, 5) is 18.9. The number of aromatic nitrogens is 5. The Morgan fingerprint density at radius 1 is 1.23 bits per heavy atom. The molecule has 1 fully saturated rings. The molecule has 2 atom stereocenters. The summed E-state index contributed by atoms with van der Waals surface area (Å²) in [5, 5.41) is 9.08. The second-order valence-corrected chi connectivity index (χ2v) is 8.25. The van der Waals surface area contributed by atoms with Crippen LogP contribution in [0, 0.1) is 19.8 Å². The van der Waals surface area contributed by atoms with E-state index >= 15 is 0 Å². The number of halogens is 1. The molecule has 1 saturated carbocycles. The van der Waals surface area contributed by atoms with Crippen LogP contribution in [0.1, 0.15) is 29.3 Å². The number of hydrogen-bond acceptors (Lipinski definition) is 6. The zero-order valence-corrected chi connectivity index (χ0v) is 18.5. The lowest BCUT2D eigenvalue weighted by molar-refractivity contribution is 0.278. The van der Waals surface area contributed by atoms with E-state index in [2.05, 4.69) is 27.3 Å². The molecule has 1 aliphatic rings. The van der Waals surface area contributed by atoms with Crippen LogP contribution in [0.2, 0.25) is 5.02 Å². The smallest absolute Gasteiger partial charge is 0.290 e. The predicted molar refractivity (Wildman–Crippen MR) is 116 cm³/mol. The van der Waals surface area contributed by atoms with Crippen LogP contribution < -0.4 is 15.2 Å². The minimum Gasteiger partial charge on any atom is -0.476 e. The number of ether oxygens (including phenoxy) is 1. The molecule has 3 aromatic rings. The quantitative estimate of drug-likeness (QED) is 0.600. The SMILES string of the molecule is Cc1ccc([C@H]2C[C@@H]2COc2cc(N(C)c3c(Cl)c(C)nn3C)c(=O)n(C)n2)nc1. The van der Waals surface area contributed by atoms with E-state index in [9.17, 15) is 4.79 Å². The first-order valence-corrected chi connectivity index (χ1v) is 10.2. The van der Waals surface area contributed by atoms with Gasteiger partial charge in [0.2, 0.25) is 5.88 Å². The van der Waals surface area contributed by atoms with Crippen molar-refractivity contribution in [2.75, 3.05) is 18.6 Å². The molecule has 1 aliphatic carbocycles. The number of aryl methyl sites for hydroxylation is 4. The summed E-state index contributed by atoms with van der Waals surface area (Å²) in [5.41, 5.74) is 3.13. The van der Waals surface area contributed by atoms with Gasteiger partial charge in [-0.25, -0.2) is 4.68 Å². The number of rotatable bonds is 6. The van der Waals surface area contributed by atoms with Crippen molar-refractivity contribution in [3.63, 3.8) is 0 Å². The zero-order chi connectivity index (χ0) is 21.6. The summed E-state index contributed by atoms with van der Waals surface area (Å²) < 4.78 is 8.89. The molecular formula is C21H25ClN6O2. The van der Waals surface area contributed by atoms with Crippen LogP contribution in [0.15, 0.2) is 29.2 Å². The number of pyridine rings is 1. The van der Waals surface area contributed by atoms with Gasteiger partial charge in [-0.2, -0.15) is 5.10 Å². The van der Waals surface area contributed by atoms with E-state index in [0.717, 1.165) is 17.7 Å². The van der Waals surface area contributed by atoms with Gasteiger partial charge >= 0.3 is 0 Å². The number of anilines is 2. The third-order valence-electron chi connectivity index (χ3n) is 5.50. The molecule has 0 unspecified atom stereocenters. The third-order valence-corrected chi connectivity index (χ3v) is 5.95. The summed E-state index contributed by atoms with van der Waals surface area (Å²) in [7, 11) is 5.18. The first-order chi connectivity index (χ1) is 14.3. The first kappa shape index (κ1) is 20.4. The highest BCUT2D eigenvalue weighted by Gasteiger charge is 2.40. The van der Waals surface area contributed by atoms with Gasteiger partial charge in [0.1, 0.15) is 16.5 Å². The Labute approximate surface area is 180 Å². The second kappa shape index (κ2) is 7.75. The summed E-state index contributed by atoms with van der Waals surface area (Å²) in [6, 6.07) is 5.82. The molecule has 158 valence electrons. The molecular weight excluding hydrogens is 404 g/mol. The average Bonchev–Trinajstić information content (AvgIpc) is 3.43. The minimum absolute atomic E-state index is 0.243. The Balaban J connectivity index is 1.51. The maximum Gasteiger partial charge on any atom is 0.290 e. The predicted octanol–water partition coefficient (Wildman–Crippen LogP) is 3.13. The van der Waals surface area contributed by atoms with Crippen LogP contribution in [-0.4, -0.2) is 38.2 Å². The van der Waals surface area contributed by atoms with Crippen LogP contribution in [0.4, 0.5) is 11.5 Å². The molecule has 4 rings (SSSR count). The largest absolute Gasteiger partial charge is 0.476 e. The topological polar surface area (TPSA) is 78.1 Å². The molecule has 30 heavy (non-hydrogen) atoms. The monoisotopic (exact) mass is 428 g/mol. The van der Waals surface area contributed by atoms with E-state index < -0.39 is 0 Å². The summed E-state index contributed by atoms with van der Waals surface area (Å²) >= 11 is 6.40. The van der Waals surface area contributed by atoms with E-state index in [0.29, 0.717) is 46.5 Å². The summed E-state index contributed by atoms with van der Waals surface area (Å²) in [5.74, 6) is 1.85. The van der Waals surface area contributed by atoms with Crippen LogP contribution >= 0.6 is 11.6 Å². The van der Waals surface area contributed by atoms with Crippen molar-refractivity contribution < 1.29 is 4.74 Å².